The Balaban J connectivity index is 2.17. The summed E-state index contributed by atoms with van der Waals surface area (Å²) in [5, 5.41) is 3.11. The van der Waals surface area contributed by atoms with Crippen LogP contribution in [0.2, 0.25) is 0 Å². The number of nitrogens with zero attached hydrogens (tertiary/aromatic N) is 1. The molecule has 2 rings (SSSR count). The van der Waals surface area contributed by atoms with Gasteiger partial charge in [0.15, 0.2) is 0 Å². The number of ether oxygens (including phenoxy) is 1. The van der Waals surface area contributed by atoms with E-state index in [1.807, 2.05) is 26.0 Å². The Morgan fingerprint density at radius 3 is 2.57 bits per heavy atom. The average molecular weight is 290 g/mol. The van der Waals surface area contributed by atoms with Gasteiger partial charge in [0.1, 0.15) is 5.75 Å². The number of rotatable bonds is 5. The second-order valence-electron chi connectivity index (χ2n) is 6.30. The molecule has 0 spiro atoms. The van der Waals surface area contributed by atoms with Crippen molar-refractivity contribution in [3.8, 4) is 5.75 Å². The maximum absolute atomic E-state index is 11.9. The molecule has 0 radical (unpaired) electrons. The van der Waals surface area contributed by atoms with Crippen molar-refractivity contribution < 1.29 is 9.53 Å². The summed E-state index contributed by atoms with van der Waals surface area (Å²) in [7, 11) is 1.65. The van der Waals surface area contributed by atoms with Gasteiger partial charge in [0, 0.05) is 23.6 Å². The van der Waals surface area contributed by atoms with Crippen molar-refractivity contribution in [3.63, 3.8) is 0 Å². The van der Waals surface area contributed by atoms with E-state index in [-0.39, 0.29) is 17.2 Å². The molecule has 4 nitrogen and oxygen atoms in total. The predicted octanol–water partition coefficient (Wildman–Crippen LogP) is 3.06. The highest BCUT2D eigenvalue weighted by Gasteiger charge is 2.35. The van der Waals surface area contributed by atoms with Crippen LogP contribution in [0.5, 0.6) is 5.75 Å². The first-order chi connectivity index (χ1) is 10.1. The average Bonchev–Trinajstić information content (AvgIpc) is 2.53. The molecule has 1 saturated carbocycles. The Morgan fingerprint density at radius 1 is 1.33 bits per heavy atom. The molecule has 116 valence electrons. The number of amides is 1. The number of hydrogen-bond donors (Lipinski definition) is 1. The fourth-order valence-electron chi connectivity index (χ4n) is 3.03. The van der Waals surface area contributed by atoms with Crippen LogP contribution in [0.4, 0.5) is 0 Å². The molecule has 1 aromatic rings. The molecular weight excluding hydrogens is 264 g/mol. The number of aromatic nitrogens is 1. The monoisotopic (exact) mass is 290 g/mol. The summed E-state index contributed by atoms with van der Waals surface area (Å²) in [4.78, 5) is 16.5. The lowest BCUT2D eigenvalue weighted by Crippen LogP contribution is -2.43. The van der Waals surface area contributed by atoms with Gasteiger partial charge in [-0.25, -0.2) is 0 Å². The molecule has 1 aromatic heterocycles. The predicted molar refractivity (Wildman–Crippen MR) is 83.4 cm³/mol. The third-order valence-electron chi connectivity index (χ3n) is 4.45. The first-order valence-electron chi connectivity index (χ1n) is 7.86. The van der Waals surface area contributed by atoms with Crippen LogP contribution in [0.15, 0.2) is 18.3 Å². The molecule has 0 aromatic carbocycles. The van der Waals surface area contributed by atoms with Crippen molar-refractivity contribution in [2.45, 2.75) is 51.4 Å². The Morgan fingerprint density at radius 2 is 2.05 bits per heavy atom. The third kappa shape index (κ3) is 3.74. The molecule has 0 bridgehead atoms. The van der Waals surface area contributed by atoms with E-state index in [1.54, 1.807) is 13.3 Å². The molecule has 1 amide bonds. The Kier molecular flexibility index (Phi) is 5.21. The van der Waals surface area contributed by atoms with Crippen LogP contribution in [0.25, 0.3) is 0 Å². The van der Waals surface area contributed by atoms with Gasteiger partial charge >= 0.3 is 0 Å². The van der Waals surface area contributed by atoms with Crippen LogP contribution in [-0.4, -0.2) is 24.5 Å². The Labute approximate surface area is 127 Å². The minimum absolute atomic E-state index is 0.0188. The Bertz CT molecular complexity index is 462. The summed E-state index contributed by atoms with van der Waals surface area (Å²) in [6.45, 7) is 4.53. The Hall–Kier alpha value is -1.58. The minimum atomic E-state index is -0.0188. The third-order valence-corrected chi connectivity index (χ3v) is 4.45. The fraction of sp³-hybridized carbons (Fsp3) is 0.647. The van der Waals surface area contributed by atoms with Gasteiger partial charge in [-0.1, -0.05) is 33.1 Å². The van der Waals surface area contributed by atoms with Gasteiger partial charge in [-0.15, -0.1) is 0 Å². The van der Waals surface area contributed by atoms with Crippen LogP contribution in [0.3, 0.4) is 0 Å². The van der Waals surface area contributed by atoms with Gasteiger partial charge in [-0.05, 0) is 25.0 Å². The summed E-state index contributed by atoms with van der Waals surface area (Å²) in [5.74, 6) is 0.916. The fourth-order valence-corrected chi connectivity index (χ4v) is 3.03. The number of pyridine rings is 1. The van der Waals surface area contributed by atoms with Crippen molar-refractivity contribution in [1.29, 1.82) is 0 Å². The largest absolute Gasteiger partial charge is 0.495 e. The molecule has 1 heterocycles. The summed E-state index contributed by atoms with van der Waals surface area (Å²) in [5.41, 5.74) is 1.06. The van der Waals surface area contributed by atoms with Crippen LogP contribution in [0, 0.1) is 5.92 Å². The molecule has 1 aliphatic rings. The standard InChI is InChI=1S/C17H26N2O2/c1-13(2)16(20)19-12-17(9-5-4-6-10-17)15-8-7-14(21-3)11-18-15/h7-8,11,13H,4-6,9-10,12H2,1-3H3,(H,19,20). The van der Waals surface area contributed by atoms with E-state index in [1.165, 1.54) is 19.3 Å². The highest BCUT2D eigenvalue weighted by atomic mass is 16.5. The molecule has 1 N–H and O–H groups in total. The molecule has 0 saturated heterocycles. The number of nitrogens with one attached hydrogen (secondary N) is 1. The zero-order valence-corrected chi connectivity index (χ0v) is 13.3. The molecule has 4 heteroatoms. The zero-order valence-electron chi connectivity index (χ0n) is 13.3. The molecular formula is C17H26N2O2. The van der Waals surface area contributed by atoms with E-state index in [9.17, 15) is 4.79 Å². The van der Waals surface area contributed by atoms with E-state index >= 15 is 0 Å². The van der Waals surface area contributed by atoms with Crippen molar-refractivity contribution in [1.82, 2.24) is 10.3 Å². The maximum atomic E-state index is 11.9. The molecule has 0 unspecified atom stereocenters. The summed E-state index contributed by atoms with van der Waals surface area (Å²) >= 11 is 0. The SMILES string of the molecule is COc1ccc(C2(CNC(=O)C(C)C)CCCCC2)nc1. The van der Waals surface area contributed by atoms with Gasteiger partial charge in [-0.2, -0.15) is 0 Å². The zero-order chi connectivity index (χ0) is 15.3. The summed E-state index contributed by atoms with van der Waals surface area (Å²) in [6, 6.07) is 4.01. The van der Waals surface area contributed by atoms with Gasteiger partial charge in [-0.3, -0.25) is 9.78 Å². The van der Waals surface area contributed by atoms with E-state index in [4.69, 9.17) is 4.74 Å². The second kappa shape index (κ2) is 6.92. The lowest BCUT2D eigenvalue weighted by Gasteiger charge is -2.37. The number of methoxy groups -OCH3 is 1. The van der Waals surface area contributed by atoms with Crippen molar-refractivity contribution in [2.24, 2.45) is 5.92 Å². The smallest absolute Gasteiger partial charge is 0.222 e. The van der Waals surface area contributed by atoms with E-state index in [0.717, 1.165) is 24.3 Å². The molecule has 1 aliphatic carbocycles. The van der Waals surface area contributed by atoms with Gasteiger partial charge in [0.2, 0.25) is 5.91 Å². The topological polar surface area (TPSA) is 51.2 Å². The molecule has 0 atom stereocenters. The first-order valence-corrected chi connectivity index (χ1v) is 7.86. The highest BCUT2D eigenvalue weighted by molar-refractivity contribution is 5.77. The van der Waals surface area contributed by atoms with E-state index in [2.05, 4.69) is 10.3 Å². The summed E-state index contributed by atoms with van der Waals surface area (Å²) in [6.07, 6.45) is 7.62. The molecule has 1 fully saturated rings. The van der Waals surface area contributed by atoms with Crippen molar-refractivity contribution in [2.75, 3.05) is 13.7 Å². The lowest BCUT2D eigenvalue weighted by atomic mass is 9.71. The van der Waals surface area contributed by atoms with Gasteiger partial charge < -0.3 is 10.1 Å². The number of carbonyl (C=O) groups is 1. The highest BCUT2D eigenvalue weighted by Crippen LogP contribution is 2.38. The van der Waals surface area contributed by atoms with E-state index in [0.29, 0.717) is 6.54 Å². The normalized spacial score (nSPS) is 17.5. The van der Waals surface area contributed by atoms with Crippen LogP contribution in [0.1, 0.15) is 51.6 Å². The van der Waals surface area contributed by atoms with Crippen LogP contribution < -0.4 is 10.1 Å². The van der Waals surface area contributed by atoms with E-state index < -0.39 is 0 Å². The quantitative estimate of drug-likeness (QED) is 0.906. The summed E-state index contributed by atoms with van der Waals surface area (Å²) < 4.78 is 5.19. The van der Waals surface area contributed by atoms with Gasteiger partial charge in [0.25, 0.3) is 0 Å². The first kappa shape index (κ1) is 15.8. The second-order valence-corrected chi connectivity index (χ2v) is 6.30. The molecule has 21 heavy (non-hydrogen) atoms. The lowest BCUT2D eigenvalue weighted by molar-refractivity contribution is -0.124. The number of carbonyl (C=O) groups excluding carboxylic acids is 1. The minimum Gasteiger partial charge on any atom is -0.495 e. The van der Waals surface area contributed by atoms with Crippen LogP contribution >= 0.6 is 0 Å². The number of hydrogen-bond acceptors (Lipinski definition) is 3. The maximum Gasteiger partial charge on any atom is 0.222 e. The van der Waals surface area contributed by atoms with Crippen molar-refractivity contribution in [3.05, 3.63) is 24.0 Å². The molecule has 0 aliphatic heterocycles. The van der Waals surface area contributed by atoms with Gasteiger partial charge in [0.05, 0.1) is 13.3 Å². The van der Waals surface area contributed by atoms with Crippen LogP contribution in [-0.2, 0) is 10.2 Å². The van der Waals surface area contributed by atoms with Crippen molar-refractivity contribution >= 4 is 5.91 Å².